The maximum absolute atomic E-state index is 12.7. The summed E-state index contributed by atoms with van der Waals surface area (Å²) in [5.74, 6) is 1.25. The molecule has 7 nitrogen and oxygen atoms in total. The third kappa shape index (κ3) is 4.11. The van der Waals surface area contributed by atoms with E-state index in [-0.39, 0.29) is 24.6 Å². The summed E-state index contributed by atoms with van der Waals surface area (Å²) in [7, 11) is 3.21. The first-order valence-corrected chi connectivity index (χ1v) is 10.2. The maximum atomic E-state index is 12.7. The van der Waals surface area contributed by atoms with Crippen molar-refractivity contribution in [1.29, 1.82) is 0 Å². The van der Waals surface area contributed by atoms with Gasteiger partial charge in [0, 0.05) is 29.4 Å². The fourth-order valence-electron chi connectivity index (χ4n) is 4.12. The van der Waals surface area contributed by atoms with Gasteiger partial charge in [0.1, 0.15) is 6.54 Å². The first-order valence-electron chi connectivity index (χ1n) is 10.2. The molecule has 0 bridgehead atoms. The number of methoxy groups -OCH3 is 2. The topological polar surface area (TPSA) is 85.6 Å². The molecule has 0 spiro atoms. The van der Waals surface area contributed by atoms with Crippen molar-refractivity contribution in [1.82, 2.24) is 14.9 Å². The van der Waals surface area contributed by atoms with E-state index in [9.17, 15) is 9.90 Å². The minimum absolute atomic E-state index is 0.0315. The van der Waals surface area contributed by atoms with E-state index < -0.39 is 0 Å². The lowest BCUT2D eigenvalue weighted by atomic mass is 9.93. The Morgan fingerprint density at radius 1 is 1.13 bits per heavy atom. The van der Waals surface area contributed by atoms with Gasteiger partial charge in [0.15, 0.2) is 11.5 Å². The van der Waals surface area contributed by atoms with E-state index in [1.54, 1.807) is 20.4 Å². The van der Waals surface area contributed by atoms with Crippen LogP contribution in [0.15, 0.2) is 42.7 Å². The number of nitrogens with one attached hydrogen (secondary N) is 1. The third-order valence-electron chi connectivity index (χ3n) is 5.71. The molecule has 1 amide bonds. The number of fused-ring (bicyclic) bond motifs is 1. The highest BCUT2D eigenvalue weighted by Crippen LogP contribution is 2.34. The number of pyridine rings is 1. The molecule has 1 aromatic carbocycles. The monoisotopic (exact) mass is 409 g/mol. The Morgan fingerprint density at radius 3 is 2.63 bits per heavy atom. The van der Waals surface area contributed by atoms with Crippen LogP contribution in [0.3, 0.4) is 0 Å². The second kappa shape index (κ2) is 8.75. The highest BCUT2D eigenvalue weighted by molar-refractivity contribution is 5.93. The highest BCUT2D eigenvalue weighted by Gasteiger charge is 2.21. The van der Waals surface area contributed by atoms with E-state index in [1.807, 2.05) is 41.1 Å². The number of amides is 1. The summed E-state index contributed by atoms with van der Waals surface area (Å²) < 4.78 is 12.7. The Balaban J connectivity index is 1.61. The summed E-state index contributed by atoms with van der Waals surface area (Å²) in [5, 5.41) is 13.8. The molecule has 0 aliphatic heterocycles. The van der Waals surface area contributed by atoms with Gasteiger partial charge >= 0.3 is 0 Å². The van der Waals surface area contributed by atoms with Crippen LogP contribution < -0.4 is 14.8 Å². The molecule has 4 rings (SSSR count). The van der Waals surface area contributed by atoms with Crippen LogP contribution in [0, 0.1) is 0 Å². The normalized spacial score (nSPS) is 18.9. The van der Waals surface area contributed by atoms with Crippen molar-refractivity contribution in [2.45, 2.75) is 44.4 Å². The van der Waals surface area contributed by atoms with Crippen molar-refractivity contribution < 1.29 is 19.4 Å². The molecule has 1 aliphatic rings. The maximum Gasteiger partial charge on any atom is 0.240 e. The lowest BCUT2D eigenvalue weighted by molar-refractivity contribution is -0.122. The zero-order valence-corrected chi connectivity index (χ0v) is 17.3. The van der Waals surface area contributed by atoms with E-state index in [0.29, 0.717) is 11.5 Å². The zero-order chi connectivity index (χ0) is 21.1. The summed E-state index contributed by atoms with van der Waals surface area (Å²) in [6.07, 6.45) is 6.57. The number of aliphatic hydroxyl groups is 1. The number of rotatable bonds is 6. The SMILES string of the molecule is COc1ccc(-c2nccc3ccn(CC(=O)NC4CCC(O)CC4)c23)cc1OC. The first kappa shape index (κ1) is 20.2. The number of nitrogens with zero attached hydrogens (tertiary/aromatic N) is 2. The Hall–Kier alpha value is -3.06. The van der Waals surface area contributed by atoms with E-state index in [2.05, 4.69) is 10.3 Å². The fraction of sp³-hybridized carbons (Fsp3) is 0.391. The van der Waals surface area contributed by atoms with Gasteiger partial charge in [-0.05, 0) is 56.0 Å². The van der Waals surface area contributed by atoms with Gasteiger partial charge in [0.2, 0.25) is 5.91 Å². The molecule has 1 fully saturated rings. The fourth-order valence-corrected chi connectivity index (χ4v) is 4.12. The minimum atomic E-state index is -0.235. The molecule has 0 radical (unpaired) electrons. The van der Waals surface area contributed by atoms with E-state index in [1.165, 1.54) is 0 Å². The quantitative estimate of drug-likeness (QED) is 0.653. The average Bonchev–Trinajstić information content (AvgIpc) is 3.17. The molecular formula is C23H27N3O4. The second-order valence-corrected chi connectivity index (χ2v) is 7.68. The lowest BCUT2D eigenvalue weighted by Gasteiger charge is -2.26. The van der Waals surface area contributed by atoms with Crippen LogP contribution >= 0.6 is 0 Å². The van der Waals surface area contributed by atoms with Gasteiger partial charge in [-0.2, -0.15) is 0 Å². The van der Waals surface area contributed by atoms with Crippen molar-refractivity contribution in [3.05, 3.63) is 42.7 Å². The van der Waals surface area contributed by atoms with Gasteiger partial charge in [-0.1, -0.05) is 0 Å². The number of hydrogen-bond donors (Lipinski definition) is 2. The molecule has 30 heavy (non-hydrogen) atoms. The largest absolute Gasteiger partial charge is 0.493 e. The average molecular weight is 409 g/mol. The zero-order valence-electron chi connectivity index (χ0n) is 17.3. The molecule has 2 aromatic heterocycles. The standard InChI is InChI=1S/C23H27N3O4/c1-29-19-8-3-16(13-20(19)30-2)22-23-15(9-11-24-22)10-12-26(23)14-21(28)25-17-4-6-18(27)7-5-17/h3,8-13,17-18,27H,4-7,14H2,1-2H3,(H,25,28). The van der Waals surface area contributed by atoms with Gasteiger partial charge in [-0.15, -0.1) is 0 Å². The molecule has 0 unspecified atom stereocenters. The Bertz CT molecular complexity index is 1040. The van der Waals surface area contributed by atoms with E-state index in [4.69, 9.17) is 9.47 Å². The summed E-state index contributed by atoms with van der Waals surface area (Å²) in [6, 6.07) is 9.75. The Morgan fingerprint density at radius 2 is 1.90 bits per heavy atom. The molecule has 7 heteroatoms. The smallest absolute Gasteiger partial charge is 0.240 e. The third-order valence-corrected chi connectivity index (χ3v) is 5.71. The summed E-state index contributed by atoms with van der Waals surface area (Å²) >= 11 is 0. The minimum Gasteiger partial charge on any atom is -0.493 e. The molecule has 0 saturated heterocycles. The summed E-state index contributed by atoms with van der Waals surface area (Å²) in [6.45, 7) is 0.217. The molecule has 3 aromatic rings. The van der Waals surface area contributed by atoms with Crippen LogP contribution in [-0.2, 0) is 11.3 Å². The van der Waals surface area contributed by atoms with Crippen molar-refractivity contribution >= 4 is 16.8 Å². The number of aliphatic hydroxyl groups excluding tert-OH is 1. The van der Waals surface area contributed by atoms with Gasteiger partial charge in [0.25, 0.3) is 0 Å². The first-order chi connectivity index (χ1) is 14.6. The lowest BCUT2D eigenvalue weighted by Crippen LogP contribution is -2.40. The van der Waals surface area contributed by atoms with Crippen LogP contribution in [0.4, 0.5) is 0 Å². The van der Waals surface area contributed by atoms with Crippen LogP contribution in [0.1, 0.15) is 25.7 Å². The summed E-state index contributed by atoms with van der Waals surface area (Å²) in [4.78, 5) is 17.3. The Kier molecular flexibility index (Phi) is 5.90. The molecular weight excluding hydrogens is 382 g/mol. The van der Waals surface area contributed by atoms with Gasteiger partial charge in [-0.25, -0.2) is 0 Å². The second-order valence-electron chi connectivity index (χ2n) is 7.68. The van der Waals surface area contributed by atoms with E-state index in [0.717, 1.165) is 47.8 Å². The number of benzene rings is 1. The molecule has 2 N–H and O–H groups in total. The molecule has 158 valence electrons. The summed E-state index contributed by atoms with van der Waals surface area (Å²) in [5.41, 5.74) is 2.57. The Labute approximate surface area is 175 Å². The van der Waals surface area contributed by atoms with E-state index >= 15 is 0 Å². The number of carbonyl (C=O) groups excluding carboxylic acids is 1. The molecule has 0 atom stereocenters. The van der Waals surface area contributed by atoms with Crippen molar-refractivity contribution in [2.75, 3.05) is 14.2 Å². The van der Waals surface area contributed by atoms with Gasteiger partial charge < -0.3 is 24.5 Å². The molecule has 2 heterocycles. The van der Waals surface area contributed by atoms with Crippen molar-refractivity contribution in [3.63, 3.8) is 0 Å². The van der Waals surface area contributed by atoms with Gasteiger partial charge in [0.05, 0.1) is 31.5 Å². The highest BCUT2D eigenvalue weighted by atomic mass is 16.5. The van der Waals surface area contributed by atoms with Crippen LogP contribution in [0.2, 0.25) is 0 Å². The van der Waals surface area contributed by atoms with Gasteiger partial charge in [-0.3, -0.25) is 9.78 Å². The molecule has 1 aliphatic carbocycles. The van der Waals surface area contributed by atoms with Crippen LogP contribution in [-0.4, -0.2) is 46.9 Å². The number of carbonyl (C=O) groups is 1. The number of hydrogen-bond acceptors (Lipinski definition) is 5. The van der Waals surface area contributed by atoms with Crippen molar-refractivity contribution in [3.8, 4) is 22.8 Å². The predicted octanol–water partition coefficient (Wildman–Crippen LogP) is 3.14. The predicted molar refractivity (Wildman–Crippen MR) is 115 cm³/mol. The van der Waals surface area contributed by atoms with Crippen LogP contribution in [0.25, 0.3) is 22.2 Å². The van der Waals surface area contributed by atoms with Crippen LogP contribution in [0.5, 0.6) is 11.5 Å². The van der Waals surface area contributed by atoms with Crippen molar-refractivity contribution in [2.24, 2.45) is 0 Å². The number of aromatic nitrogens is 2. The number of ether oxygens (including phenoxy) is 2. The molecule has 1 saturated carbocycles.